The second kappa shape index (κ2) is 4.61. The highest BCUT2D eigenvalue weighted by molar-refractivity contribution is 7.99. The molecule has 13 heavy (non-hydrogen) atoms. The van der Waals surface area contributed by atoms with Crippen molar-refractivity contribution >= 4 is 17.7 Å². The van der Waals surface area contributed by atoms with Gasteiger partial charge in [0.05, 0.1) is 6.20 Å². The van der Waals surface area contributed by atoms with Crippen molar-refractivity contribution in [2.75, 3.05) is 5.75 Å². The van der Waals surface area contributed by atoms with Gasteiger partial charge in [-0.25, -0.2) is 9.78 Å². The lowest BCUT2D eigenvalue weighted by atomic mass is 10.4. The van der Waals surface area contributed by atoms with E-state index in [1.54, 1.807) is 18.6 Å². The lowest BCUT2D eigenvalue weighted by molar-refractivity contribution is -0.132. The second-order valence-electron chi connectivity index (χ2n) is 2.24. The fraction of sp³-hybridized carbons (Fsp3) is 0.125. The van der Waals surface area contributed by atoms with Crippen molar-refractivity contribution in [3.05, 3.63) is 30.7 Å². The Bertz CT molecular complexity index is 313. The summed E-state index contributed by atoms with van der Waals surface area (Å²) in [6.45, 7) is 3.40. The number of rotatable bonds is 4. The van der Waals surface area contributed by atoms with Gasteiger partial charge in [-0.3, -0.25) is 4.98 Å². The van der Waals surface area contributed by atoms with Gasteiger partial charge in [0.15, 0.2) is 0 Å². The minimum Gasteiger partial charge on any atom is -0.478 e. The van der Waals surface area contributed by atoms with Crippen molar-refractivity contribution < 1.29 is 9.90 Å². The molecule has 0 aliphatic heterocycles. The number of aliphatic carboxylic acids is 1. The molecule has 0 spiro atoms. The van der Waals surface area contributed by atoms with Crippen molar-refractivity contribution in [1.29, 1.82) is 0 Å². The number of nitrogens with zero attached hydrogens (tertiary/aromatic N) is 2. The number of thioether (sulfide) groups is 1. The first kappa shape index (κ1) is 9.73. The average Bonchev–Trinajstić information content (AvgIpc) is 2.15. The number of hydrogen-bond donors (Lipinski definition) is 1. The molecule has 1 N–H and O–H groups in total. The molecule has 0 atom stereocenters. The molecule has 5 heteroatoms. The number of aromatic nitrogens is 2. The van der Waals surface area contributed by atoms with E-state index in [9.17, 15) is 4.79 Å². The SMILES string of the molecule is C=C(CSc1cnccn1)C(=O)O. The minimum absolute atomic E-state index is 0.163. The molecule has 0 unspecified atom stereocenters. The summed E-state index contributed by atoms with van der Waals surface area (Å²) in [5.74, 6) is -0.648. The van der Waals surface area contributed by atoms with Crippen LogP contribution >= 0.6 is 11.8 Å². The molecular formula is C8H8N2O2S. The van der Waals surface area contributed by atoms with Gasteiger partial charge in [0.2, 0.25) is 0 Å². The van der Waals surface area contributed by atoms with E-state index in [0.717, 1.165) is 0 Å². The first-order chi connectivity index (χ1) is 6.20. The first-order valence-corrected chi connectivity index (χ1v) is 4.48. The summed E-state index contributed by atoms with van der Waals surface area (Å²) in [6, 6.07) is 0. The molecule has 0 radical (unpaired) electrons. The van der Waals surface area contributed by atoms with Crippen molar-refractivity contribution in [3.63, 3.8) is 0 Å². The van der Waals surface area contributed by atoms with E-state index in [2.05, 4.69) is 16.5 Å². The van der Waals surface area contributed by atoms with Gasteiger partial charge in [0, 0.05) is 23.7 Å². The highest BCUT2D eigenvalue weighted by Crippen LogP contribution is 2.15. The molecule has 0 saturated heterocycles. The average molecular weight is 196 g/mol. The zero-order valence-corrected chi connectivity index (χ0v) is 7.62. The number of carboxylic acids is 1. The highest BCUT2D eigenvalue weighted by Gasteiger charge is 2.04. The fourth-order valence-corrected chi connectivity index (χ4v) is 1.30. The van der Waals surface area contributed by atoms with Crippen LogP contribution in [0.2, 0.25) is 0 Å². The molecular weight excluding hydrogens is 188 g/mol. The molecule has 1 rings (SSSR count). The zero-order valence-electron chi connectivity index (χ0n) is 6.80. The van der Waals surface area contributed by atoms with Crippen LogP contribution in [0, 0.1) is 0 Å². The first-order valence-electron chi connectivity index (χ1n) is 3.50. The summed E-state index contributed by atoms with van der Waals surface area (Å²) in [5.41, 5.74) is 0.163. The van der Waals surface area contributed by atoms with Crippen LogP contribution in [0.4, 0.5) is 0 Å². The standard InChI is InChI=1S/C8H8N2O2S/c1-6(8(11)12)5-13-7-4-9-2-3-10-7/h2-4H,1,5H2,(H,11,12). The monoisotopic (exact) mass is 196 g/mol. The Balaban J connectivity index is 2.44. The Labute approximate surface area is 79.7 Å². The third-order valence-electron chi connectivity index (χ3n) is 1.24. The molecule has 0 amide bonds. The molecule has 4 nitrogen and oxygen atoms in total. The van der Waals surface area contributed by atoms with Gasteiger partial charge in [-0.1, -0.05) is 18.3 Å². The van der Waals surface area contributed by atoms with E-state index < -0.39 is 5.97 Å². The predicted molar refractivity (Wildman–Crippen MR) is 49.5 cm³/mol. The second-order valence-corrected chi connectivity index (χ2v) is 3.24. The lowest BCUT2D eigenvalue weighted by Gasteiger charge is -1.98. The maximum absolute atomic E-state index is 10.4. The fourth-order valence-electron chi connectivity index (χ4n) is 0.583. The van der Waals surface area contributed by atoms with Gasteiger partial charge in [-0.05, 0) is 0 Å². The molecule has 68 valence electrons. The summed E-state index contributed by atoms with van der Waals surface area (Å²) in [5, 5.41) is 9.21. The molecule has 1 aromatic rings. The van der Waals surface area contributed by atoms with E-state index >= 15 is 0 Å². The van der Waals surface area contributed by atoms with Gasteiger partial charge in [0.1, 0.15) is 5.03 Å². The maximum atomic E-state index is 10.4. The summed E-state index contributed by atoms with van der Waals surface area (Å²) < 4.78 is 0. The van der Waals surface area contributed by atoms with E-state index in [0.29, 0.717) is 10.8 Å². The van der Waals surface area contributed by atoms with Crippen LogP contribution < -0.4 is 0 Å². The van der Waals surface area contributed by atoms with E-state index in [4.69, 9.17) is 5.11 Å². The molecule has 0 aliphatic carbocycles. The normalized spacial score (nSPS) is 9.54. The Morgan fingerprint density at radius 1 is 1.62 bits per heavy atom. The van der Waals surface area contributed by atoms with E-state index in [-0.39, 0.29) is 5.57 Å². The number of carboxylic acid groups (broad SMARTS) is 1. The molecule has 0 fully saturated rings. The van der Waals surface area contributed by atoms with E-state index in [1.165, 1.54) is 11.8 Å². The minimum atomic E-state index is -0.976. The van der Waals surface area contributed by atoms with Gasteiger partial charge in [-0.2, -0.15) is 0 Å². The molecule has 1 aromatic heterocycles. The van der Waals surface area contributed by atoms with Crippen LogP contribution in [-0.4, -0.2) is 26.8 Å². The van der Waals surface area contributed by atoms with Crippen LogP contribution in [0.25, 0.3) is 0 Å². The van der Waals surface area contributed by atoms with Crippen molar-refractivity contribution in [2.24, 2.45) is 0 Å². The quantitative estimate of drug-likeness (QED) is 0.579. The van der Waals surface area contributed by atoms with Crippen molar-refractivity contribution in [3.8, 4) is 0 Å². The van der Waals surface area contributed by atoms with Gasteiger partial charge in [0.25, 0.3) is 0 Å². The van der Waals surface area contributed by atoms with Crippen LogP contribution in [0.5, 0.6) is 0 Å². The number of carbonyl (C=O) groups is 1. The van der Waals surface area contributed by atoms with Gasteiger partial charge >= 0.3 is 5.97 Å². The third-order valence-corrected chi connectivity index (χ3v) is 2.24. The summed E-state index contributed by atoms with van der Waals surface area (Å²) in [4.78, 5) is 18.2. The third kappa shape index (κ3) is 3.25. The van der Waals surface area contributed by atoms with Gasteiger partial charge in [-0.15, -0.1) is 0 Å². The smallest absolute Gasteiger partial charge is 0.331 e. The Morgan fingerprint density at radius 3 is 2.92 bits per heavy atom. The summed E-state index contributed by atoms with van der Waals surface area (Å²) in [7, 11) is 0. The van der Waals surface area contributed by atoms with Gasteiger partial charge < -0.3 is 5.11 Å². The van der Waals surface area contributed by atoms with E-state index in [1.807, 2.05) is 0 Å². The lowest BCUT2D eigenvalue weighted by Crippen LogP contribution is -2.01. The van der Waals surface area contributed by atoms with Crippen molar-refractivity contribution in [2.45, 2.75) is 5.03 Å². The molecule has 0 bridgehead atoms. The maximum Gasteiger partial charge on any atom is 0.331 e. The predicted octanol–water partition coefficient (Wildman–Crippen LogP) is 1.21. The topological polar surface area (TPSA) is 63.1 Å². The molecule has 0 aliphatic rings. The summed E-state index contributed by atoms with van der Waals surface area (Å²) >= 11 is 1.30. The Hall–Kier alpha value is -1.36. The van der Waals surface area contributed by atoms with Crippen molar-refractivity contribution in [1.82, 2.24) is 9.97 Å². The van der Waals surface area contributed by atoms with Crippen LogP contribution in [0.3, 0.4) is 0 Å². The zero-order chi connectivity index (χ0) is 9.68. The largest absolute Gasteiger partial charge is 0.478 e. The number of hydrogen-bond acceptors (Lipinski definition) is 4. The molecule has 0 aromatic carbocycles. The van der Waals surface area contributed by atoms with Crippen LogP contribution in [0.15, 0.2) is 35.8 Å². The van der Waals surface area contributed by atoms with Crippen LogP contribution in [-0.2, 0) is 4.79 Å². The molecule has 0 saturated carbocycles. The summed E-state index contributed by atoms with van der Waals surface area (Å²) in [6.07, 6.45) is 4.71. The Morgan fingerprint density at radius 2 is 2.38 bits per heavy atom. The highest BCUT2D eigenvalue weighted by atomic mass is 32.2. The van der Waals surface area contributed by atoms with Crippen LogP contribution in [0.1, 0.15) is 0 Å². The molecule has 1 heterocycles. The Kier molecular flexibility index (Phi) is 3.45.